The second-order valence-corrected chi connectivity index (χ2v) is 6.02. The van der Waals surface area contributed by atoms with Crippen LogP contribution in [0.25, 0.3) is 0 Å². The molecule has 0 spiro atoms. The topological polar surface area (TPSA) is 50.4 Å². The van der Waals surface area contributed by atoms with Gasteiger partial charge in [0.25, 0.3) is 5.91 Å². The summed E-state index contributed by atoms with van der Waals surface area (Å²) in [6, 6.07) is 5.21. The molecule has 0 bridgehead atoms. The summed E-state index contributed by atoms with van der Waals surface area (Å²) in [6.07, 6.45) is 2.38. The van der Waals surface area contributed by atoms with Crippen LogP contribution in [0.4, 0.5) is 0 Å². The Bertz CT molecular complexity index is 464. The molecule has 4 nitrogen and oxygen atoms in total. The van der Waals surface area contributed by atoms with Crippen LogP contribution in [0.5, 0.6) is 0 Å². The molecular weight excluding hydrogens is 344 g/mol. The number of carbonyl (C=O) groups is 1. The molecule has 1 saturated heterocycles. The van der Waals surface area contributed by atoms with Gasteiger partial charge in [-0.3, -0.25) is 4.79 Å². The van der Waals surface area contributed by atoms with Gasteiger partial charge in [-0.25, -0.2) is 0 Å². The molecule has 110 valence electrons. The van der Waals surface area contributed by atoms with E-state index in [-0.39, 0.29) is 5.91 Å². The number of nitrogens with one attached hydrogen (secondary N) is 2. The number of hydrogen-bond donors (Lipinski definition) is 2. The van der Waals surface area contributed by atoms with Crippen LogP contribution in [0, 0.1) is 0 Å². The molecule has 1 aromatic rings. The van der Waals surface area contributed by atoms with Gasteiger partial charge in [-0.1, -0.05) is 27.5 Å². The van der Waals surface area contributed by atoms with Crippen molar-refractivity contribution in [2.75, 3.05) is 26.2 Å². The molecule has 1 heterocycles. The lowest BCUT2D eigenvalue weighted by Gasteiger charge is -2.22. The van der Waals surface area contributed by atoms with Crippen molar-refractivity contribution in [3.63, 3.8) is 0 Å². The standard InChI is InChI=1S/C14H18BrClN2O2/c15-10-1-2-12(13(16)9-10)14(19)18-7-8-20-11-3-5-17-6-4-11/h1-2,9,11,17H,3-8H2,(H,18,19). The lowest BCUT2D eigenvalue weighted by molar-refractivity contribution is 0.0343. The molecule has 0 atom stereocenters. The van der Waals surface area contributed by atoms with Crippen molar-refractivity contribution < 1.29 is 9.53 Å². The Morgan fingerprint density at radius 3 is 2.90 bits per heavy atom. The first-order valence-corrected chi connectivity index (χ1v) is 7.89. The number of rotatable bonds is 5. The van der Waals surface area contributed by atoms with E-state index in [1.165, 1.54) is 0 Å². The van der Waals surface area contributed by atoms with Gasteiger partial charge in [0.15, 0.2) is 0 Å². The summed E-state index contributed by atoms with van der Waals surface area (Å²) in [4.78, 5) is 12.0. The zero-order chi connectivity index (χ0) is 14.4. The van der Waals surface area contributed by atoms with Gasteiger partial charge >= 0.3 is 0 Å². The van der Waals surface area contributed by atoms with Crippen LogP contribution in [0.2, 0.25) is 5.02 Å². The van der Waals surface area contributed by atoms with Crippen LogP contribution in [0.1, 0.15) is 23.2 Å². The van der Waals surface area contributed by atoms with Gasteiger partial charge in [-0.15, -0.1) is 0 Å². The van der Waals surface area contributed by atoms with E-state index >= 15 is 0 Å². The van der Waals surface area contributed by atoms with E-state index in [2.05, 4.69) is 26.6 Å². The molecule has 2 rings (SSSR count). The lowest BCUT2D eigenvalue weighted by Crippen LogP contribution is -2.34. The second-order valence-electron chi connectivity index (χ2n) is 4.70. The number of piperidine rings is 1. The molecule has 0 saturated carbocycles. The highest BCUT2D eigenvalue weighted by molar-refractivity contribution is 9.10. The molecule has 1 aliphatic rings. The van der Waals surface area contributed by atoms with E-state index in [1.807, 2.05) is 0 Å². The smallest absolute Gasteiger partial charge is 0.252 e. The number of halogens is 2. The highest BCUT2D eigenvalue weighted by Gasteiger charge is 2.13. The number of ether oxygens (including phenoxy) is 1. The second kappa shape index (κ2) is 7.98. The number of amides is 1. The summed E-state index contributed by atoms with van der Waals surface area (Å²) in [5.74, 6) is -0.170. The highest BCUT2D eigenvalue weighted by atomic mass is 79.9. The van der Waals surface area contributed by atoms with Gasteiger partial charge in [0.2, 0.25) is 0 Å². The first-order chi connectivity index (χ1) is 9.66. The first kappa shape index (κ1) is 15.8. The van der Waals surface area contributed by atoms with Crippen LogP contribution in [-0.2, 0) is 4.74 Å². The van der Waals surface area contributed by atoms with Crippen molar-refractivity contribution in [3.05, 3.63) is 33.3 Å². The summed E-state index contributed by atoms with van der Waals surface area (Å²) < 4.78 is 6.58. The molecule has 0 unspecified atom stereocenters. The molecule has 1 amide bonds. The Hall–Kier alpha value is -0.620. The molecule has 0 aliphatic carbocycles. The minimum Gasteiger partial charge on any atom is -0.376 e. The zero-order valence-corrected chi connectivity index (χ0v) is 13.5. The third-order valence-electron chi connectivity index (χ3n) is 3.20. The molecule has 20 heavy (non-hydrogen) atoms. The van der Waals surface area contributed by atoms with Gasteiger partial charge < -0.3 is 15.4 Å². The zero-order valence-electron chi connectivity index (χ0n) is 11.1. The van der Waals surface area contributed by atoms with Crippen molar-refractivity contribution in [1.82, 2.24) is 10.6 Å². The predicted molar refractivity (Wildman–Crippen MR) is 83.3 cm³/mol. The van der Waals surface area contributed by atoms with Crippen LogP contribution in [0.15, 0.2) is 22.7 Å². The van der Waals surface area contributed by atoms with Crippen molar-refractivity contribution in [2.45, 2.75) is 18.9 Å². The quantitative estimate of drug-likeness (QED) is 0.793. The fourth-order valence-electron chi connectivity index (χ4n) is 2.12. The minimum atomic E-state index is -0.170. The molecular formula is C14H18BrClN2O2. The largest absolute Gasteiger partial charge is 0.376 e. The molecule has 2 N–H and O–H groups in total. The molecule has 1 fully saturated rings. The fourth-order valence-corrected chi connectivity index (χ4v) is 2.88. The van der Waals surface area contributed by atoms with Crippen molar-refractivity contribution in [1.29, 1.82) is 0 Å². The third-order valence-corrected chi connectivity index (χ3v) is 4.01. The van der Waals surface area contributed by atoms with Crippen LogP contribution in [0.3, 0.4) is 0 Å². The third kappa shape index (κ3) is 4.74. The predicted octanol–water partition coefficient (Wildman–Crippen LogP) is 2.60. The maximum Gasteiger partial charge on any atom is 0.252 e. The molecule has 0 radical (unpaired) electrons. The number of hydrogen-bond acceptors (Lipinski definition) is 3. The van der Waals surface area contributed by atoms with E-state index < -0.39 is 0 Å². The van der Waals surface area contributed by atoms with E-state index in [0.29, 0.717) is 29.8 Å². The Labute approximate surface area is 132 Å². The number of carbonyl (C=O) groups excluding carboxylic acids is 1. The Morgan fingerprint density at radius 1 is 1.45 bits per heavy atom. The van der Waals surface area contributed by atoms with Crippen LogP contribution in [-0.4, -0.2) is 38.3 Å². The maximum absolute atomic E-state index is 12.0. The van der Waals surface area contributed by atoms with Gasteiger partial charge in [-0.2, -0.15) is 0 Å². The van der Waals surface area contributed by atoms with Crippen molar-refractivity contribution in [2.24, 2.45) is 0 Å². The molecule has 6 heteroatoms. The highest BCUT2D eigenvalue weighted by Crippen LogP contribution is 2.21. The van der Waals surface area contributed by atoms with Crippen LogP contribution < -0.4 is 10.6 Å². The van der Waals surface area contributed by atoms with Crippen LogP contribution >= 0.6 is 27.5 Å². The minimum absolute atomic E-state index is 0.170. The van der Waals surface area contributed by atoms with E-state index in [1.54, 1.807) is 18.2 Å². The van der Waals surface area contributed by atoms with Crippen molar-refractivity contribution in [3.8, 4) is 0 Å². The lowest BCUT2D eigenvalue weighted by atomic mass is 10.1. The summed E-state index contributed by atoms with van der Waals surface area (Å²) in [5.41, 5.74) is 0.483. The van der Waals surface area contributed by atoms with Gasteiger partial charge in [0.1, 0.15) is 0 Å². The Balaban J connectivity index is 1.72. The Morgan fingerprint density at radius 2 is 2.20 bits per heavy atom. The Kier molecular flexibility index (Phi) is 6.29. The average molecular weight is 362 g/mol. The van der Waals surface area contributed by atoms with E-state index in [4.69, 9.17) is 16.3 Å². The van der Waals surface area contributed by atoms with Gasteiger partial charge in [-0.05, 0) is 44.1 Å². The summed E-state index contributed by atoms with van der Waals surface area (Å²) in [5, 5.41) is 6.55. The van der Waals surface area contributed by atoms with Gasteiger partial charge in [0, 0.05) is 11.0 Å². The van der Waals surface area contributed by atoms with Crippen molar-refractivity contribution >= 4 is 33.4 Å². The SMILES string of the molecule is O=C(NCCOC1CCNCC1)c1ccc(Br)cc1Cl. The summed E-state index contributed by atoms with van der Waals surface area (Å²) in [6.45, 7) is 3.04. The van der Waals surface area contributed by atoms with E-state index in [9.17, 15) is 4.79 Å². The van der Waals surface area contributed by atoms with E-state index in [0.717, 1.165) is 30.4 Å². The molecule has 1 aliphatic heterocycles. The fraction of sp³-hybridized carbons (Fsp3) is 0.500. The van der Waals surface area contributed by atoms with Gasteiger partial charge in [0.05, 0.1) is 23.3 Å². The number of benzene rings is 1. The summed E-state index contributed by atoms with van der Waals surface area (Å²) >= 11 is 9.34. The molecule has 0 aromatic heterocycles. The summed E-state index contributed by atoms with van der Waals surface area (Å²) in [7, 11) is 0. The monoisotopic (exact) mass is 360 g/mol. The molecule has 1 aromatic carbocycles. The average Bonchev–Trinajstić information content (AvgIpc) is 2.44. The maximum atomic E-state index is 12.0. The normalized spacial score (nSPS) is 16.1. The first-order valence-electron chi connectivity index (χ1n) is 6.72.